The molecule has 0 radical (unpaired) electrons. The number of para-hydroxylation sites is 1. The smallest absolute Gasteiger partial charge is 0.160 e. The Morgan fingerprint density at radius 3 is 2.41 bits per heavy atom. The van der Waals surface area contributed by atoms with Crippen LogP contribution >= 0.6 is 0 Å². The van der Waals surface area contributed by atoms with E-state index in [1.807, 2.05) is 78.3 Å². The summed E-state index contributed by atoms with van der Waals surface area (Å²) in [5.41, 5.74) is 4.55. The number of nitrogens with one attached hydrogen (secondary N) is 1. The van der Waals surface area contributed by atoms with Crippen molar-refractivity contribution < 1.29 is 0 Å². The maximum atomic E-state index is 4.33. The van der Waals surface area contributed by atoms with Gasteiger partial charge in [-0.3, -0.25) is 0 Å². The van der Waals surface area contributed by atoms with Gasteiger partial charge >= 0.3 is 0 Å². The standard InChI is InChI=1S/C21H16N6/c1-14-17-9-5-6-10-18(17)21(25-23-14)22-15-11-12-20-19(13-15)24-26-27(20)16-7-3-2-4-8-16/h2-13H,1H3,(H,22,25). The van der Waals surface area contributed by atoms with E-state index < -0.39 is 0 Å². The van der Waals surface area contributed by atoms with E-state index >= 15 is 0 Å². The van der Waals surface area contributed by atoms with E-state index in [9.17, 15) is 0 Å². The molecule has 130 valence electrons. The number of hydrogen-bond donors (Lipinski definition) is 1. The quantitative estimate of drug-likeness (QED) is 0.521. The average Bonchev–Trinajstić information content (AvgIpc) is 3.14. The first-order chi connectivity index (χ1) is 13.3. The predicted molar refractivity (Wildman–Crippen MR) is 106 cm³/mol. The molecule has 0 aliphatic carbocycles. The highest BCUT2D eigenvalue weighted by atomic mass is 15.4. The molecule has 0 spiro atoms. The number of aromatic nitrogens is 5. The molecule has 0 aliphatic heterocycles. The van der Waals surface area contributed by atoms with Gasteiger partial charge in [0.2, 0.25) is 0 Å². The van der Waals surface area contributed by atoms with Gasteiger partial charge in [-0.2, -0.15) is 5.10 Å². The van der Waals surface area contributed by atoms with E-state index in [-0.39, 0.29) is 0 Å². The van der Waals surface area contributed by atoms with Gasteiger partial charge in [0.15, 0.2) is 5.82 Å². The molecule has 6 nitrogen and oxygen atoms in total. The van der Waals surface area contributed by atoms with Crippen LogP contribution in [0.2, 0.25) is 0 Å². The zero-order chi connectivity index (χ0) is 18.2. The first kappa shape index (κ1) is 15.5. The van der Waals surface area contributed by atoms with Crippen molar-refractivity contribution in [2.24, 2.45) is 0 Å². The molecule has 0 atom stereocenters. The topological polar surface area (TPSA) is 68.5 Å². The van der Waals surface area contributed by atoms with E-state index in [4.69, 9.17) is 0 Å². The fraction of sp³-hybridized carbons (Fsp3) is 0.0476. The minimum atomic E-state index is 0.728. The maximum absolute atomic E-state index is 4.33. The first-order valence-corrected chi connectivity index (χ1v) is 8.69. The minimum absolute atomic E-state index is 0.728. The van der Waals surface area contributed by atoms with E-state index in [1.165, 1.54) is 0 Å². The number of anilines is 2. The third kappa shape index (κ3) is 2.67. The molecule has 5 aromatic rings. The molecule has 0 amide bonds. The van der Waals surface area contributed by atoms with Crippen LogP contribution in [-0.2, 0) is 0 Å². The summed E-state index contributed by atoms with van der Waals surface area (Å²) in [6, 6.07) is 24.1. The minimum Gasteiger partial charge on any atom is -0.338 e. The van der Waals surface area contributed by atoms with E-state index in [0.29, 0.717) is 0 Å². The monoisotopic (exact) mass is 352 g/mol. The van der Waals surface area contributed by atoms with Crippen molar-refractivity contribution in [1.29, 1.82) is 0 Å². The van der Waals surface area contributed by atoms with Gasteiger partial charge in [-0.25, -0.2) is 4.68 Å². The summed E-state index contributed by atoms with van der Waals surface area (Å²) < 4.78 is 1.83. The number of fused-ring (bicyclic) bond motifs is 2. The second-order valence-electron chi connectivity index (χ2n) is 6.34. The third-order valence-corrected chi connectivity index (χ3v) is 4.58. The summed E-state index contributed by atoms with van der Waals surface area (Å²) in [5.74, 6) is 0.728. The molecule has 27 heavy (non-hydrogen) atoms. The van der Waals surface area contributed by atoms with E-state index in [1.54, 1.807) is 0 Å². The molecule has 0 fully saturated rings. The Kier molecular flexibility index (Phi) is 3.53. The van der Waals surface area contributed by atoms with Crippen LogP contribution < -0.4 is 5.32 Å². The summed E-state index contributed by atoms with van der Waals surface area (Å²) in [4.78, 5) is 0. The fourth-order valence-corrected chi connectivity index (χ4v) is 3.23. The lowest BCUT2D eigenvalue weighted by Crippen LogP contribution is -1.99. The normalized spacial score (nSPS) is 11.1. The predicted octanol–water partition coefficient (Wildman–Crippen LogP) is 4.42. The van der Waals surface area contributed by atoms with Crippen molar-refractivity contribution in [3.8, 4) is 5.69 Å². The van der Waals surface area contributed by atoms with Crippen LogP contribution in [0, 0.1) is 6.92 Å². The molecule has 0 saturated heterocycles. The third-order valence-electron chi connectivity index (χ3n) is 4.58. The fourth-order valence-electron chi connectivity index (χ4n) is 3.23. The molecular formula is C21H16N6. The molecule has 0 bridgehead atoms. The lowest BCUT2D eigenvalue weighted by Gasteiger charge is -2.09. The highest BCUT2D eigenvalue weighted by Gasteiger charge is 2.10. The van der Waals surface area contributed by atoms with Crippen LogP contribution in [0.25, 0.3) is 27.5 Å². The Labute approximate surface area is 155 Å². The van der Waals surface area contributed by atoms with Crippen LogP contribution in [0.15, 0.2) is 72.8 Å². The molecule has 0 aliphatic rings. The van der Waals surface area contributed by atoms with Crippen molar-refractivity contribution in [1.82, 2.24) is 25.2 Å². The summed E-state index contributed by atoms with van der Waals surface area (Å²) in [6.07, 6.45) is 0. The van der Waals surface area contributed by atoms with Crippen molar-refractivity contribution in [3.05, 3.63) is 78.5 Å². The van der Waals surface area contributed by atoms with Gasteiger partial charge in [-0.05, 0) is 37.3 Å². The molecular weight excluding hydrogens is 336 g/mol. The molecule has 2 aromatic heterocycles. The summed E-state index contributed by atoms with van der Waals surface area (Å²) in [7, 11) is 0. The van der Waals surface area contributed by atoms with E-state index in [0.717, 1.165) is 44.7 Å². The van der Waals surface area contributed by atoms with Crippen molar-refractivity contribution in [3.63, 3.8) is 0 Å². The largest absolute Gasteiger partial charge is 0.338 e. The van der Waals surface area contributed by atoms with Crippen LogP contribution in [0.1, 0.15) is 5.69 Å². The number of nitrogens with zero attached hydrogens (tertiary/aromatic N) is 5. The molecule has 0 unspecified atom stereocenters. The van der Waals surface area contributed by atoms with Crippen molar-refractivity contribution in [2.45, 2.75) is 6.92 Å². The van der Waals surface area contributed by atoms with Crippen molar-refractivity contribution >= 4 is 33.3 Å². The summed E-state index contributed by atoms with van der Waals surface area (Å²) in [5, 5.41) is 22.7. The molecule has 5 rings (SSSR count). The van der Waals surface area contributed by atoms with Gasteiger partial charge in [0, 0.05) is 16.5 Å². The highest BCUT2D eigenvalue weighted by Crippen LogP contribution is 2.27. The molecule has 0 saturated carbocycles. The number of rotatable bonds is 3. The maximum Gasteiger partial charge on any atom is 0.160 e. The zero-order valence-corrected chi connectivity index (χ0v) is 14.7. The van der Waals surface area contributed by atoms with Crippen LogP contribution in [0.5, 0.6) is 0 Å². The first-order valence-electron chi connectivity index (χ1n) is 8.69. The van der Waals surface area contributed by atoms with Gasteiger partial charge in [0.05, 0.1) is 16.9 Å². The number of hydrogen-bond acceptors (Lipinski definition) is 5. The van der Waals surface area contributed by atoms with E-state index in [2.05, 4.69) is 31.9 Å². The van der Waals surface area contributed by atoms with Gasteiger partial charge in [0.25, 0.3) is 0 Å². The summed E-state index contributed by atoms with van der Waals surface area (Å²) in [6.45, 7) is 1.97. The molecule has 1 N–H and O–H groups in total. The highest BCUT2D eigenvalue weighted by molar-refractivity contribution is 5.94. The molecule has 2 heterocycles. The Morgan fingerprint density at radius 2 is 1.56 bits per heavy atom. The summed E-state index contributed by atoms with van der Waals surface area (Å²) >= 11 is 0. The Morgan fingerprint density at radius 1 is 0.778 bits per heavy atom. The van der Waals surface area contributed by atoms with Crippen LogP contribution in [-0.4, -0.2) is 25.2 Å². The second kappa shape index (κ2) is 6.17. The Bertz CT molecular complexity index is 1260. The zero-order valence-electron chi connectivity index (χ0n) is 14.7. The van der Waals surface area contributed by atoms with Gasteiger partial charge in [0.1, 0.15) is 5.52 Å². The number of benzene rings is 3. The second-order valence-corrected chi connectivity index (χ2v) is 6.34. The Hall–Kier alpha value is -3.80. The Balaban J connectivity index is 1.55. The van der Waals surface area contributed by atoms with Gasteiger partial charge in [-0.1, -0.05) is 47.7 Å². The molecule has 6 heteroatoms. The van der Waals surface area contributed by atoms with Crippen LogP contribution in [0.3, 0.4) is 0 Å². The number of aryl methyl sites for hydroxylation is 1. The van der Waals surface area contributed by atoms with Crippen molar-refractivity contribution in [2.75, 3.05) is 5.32 Å². The van der Waals surface area contributed by atoms with Gasteiger partial charge < -0.3 is 5.32 Å². The molecule has 3 aromatic carbocycles. The van der Waals surface area contributed by atoms with Gasteiger partial charge in [-0.15, -0.1) is 10.2 Å². The SMILES string of the molecule is Cc1nnc(Nc2ccc3c(c2)nnn3-c2ccccc2)c2ccccc12. The average molecular weight is 352 g/mol. The lowest BCUT2D eigenvalue weighted by atomic mass is 10.1. The van der Waals surface area contributed by atoms with Crippen LogP contribution in [0.4, 0.5) is 11.5 Å². The lowest BCUT2D eigenvalue weighted by molar-refractivity contribution is 0.824.